The molecule has 0 spiro atoms. The molecule has 8 heteroatoms. The first-order valence-corrected chi connectivity index (χ1v) is 11.3. The maximum absolute atomic E-state index is 14.3. The van der Waals surface area contributed by atoms with Crippen molar-refractivity contribution in [1.82, 2.24) is 4.98 Å². The fourth-order valence-electron chi connectivity index (χ4n) is 4.90. The van der Waals surface area contributed by atoms with Gasteiger partial charge in [-0.2, -0.15) is 0 Å². The van der Waals surface area contributed by atoms with Crippen molar-refractivity contribution in [2.45, 2.75) is 39.2 Å². The molecule has 1 atom stereocenters. The Bertz CT molecular complexity index is 1540. The van der Waals surface area contributed by atoms with Gasteiger partial charge in [-0.05, 0) is 74.6 Å². The summed E-state index contributed by atoms with van der Waals surface area (Å²) in [5.41, 5.74) is 3.29. The van der Waals surface area contributed by atoms with Crippen molar-refractivity contribution in [2.24, 2.45) is 0 Å². The standard InChI is InChI=1S/C27H22F2N2O4/c1-13-24(32)18-11-15-5-3-6-17(15)22(26(18)35-25(13)21-10-9-16(28)12-30-21)14(2)31-20-8-4-7-19(29)23(20)27(33)34/h4,7-12,14,31H,3,5-6H2,1-2H3,(H,33,34). The van der Waals surface area contributed by atoms with E-state index in [1.165, 1.54) is 24.3 Å². The smallest absolute Gasteiger partial charge is 0.340 e. The molecule has 1 unspecified atom stereocenters. The van der Waals surface area contributed by atoms with Crippen LogP contribution >= 0.6 is 0 Å². The van der Waals surface area contributed by atoms with E-state index in [-0.39, 0.29) is 16.9 Å². The SMILES string of the molecule is Cc1c(-c2ccc(F)cn2)oc2c(C(C)Nc3cccc(F)c3C(=O)O)c3c(cc2c1=O)CCC3. The van der Waals surface area contributed by atoms with Crippen molar-refractivity contribution in [3.05, 3.63) is 92.3 Å². The van der Waals surface area contributed by atoms with Crippen LogP contribution in [0.4, 0.5) is 14.5 Å². The maximum Gasteiger partial charge on any atom is 0.340 e. The fourth-order valence-corrected chi connectivity index (χ4v) is 4.90. The lowest BCUT2D eigenvalue weighted by atomic mass is 9.93. The summed E-state index contributed by atoms with van der Waals surface area (Å²) in [5.74, 6) is -2.49. The van der Waals surface area contributed by atoms with Crippen molar-refractivity contribution in [3.63, 3.8) is 0 Å². The van der Waals surface area contributed by atoms with Gasteiger partial charge in [0.2, 0.25) is 0 Å². The normalized spacial score (nSPS) is 13.6. The maximum atomic E-state index is 14.3. The number of nitrogens with zero attached hydrogens (tertiary/aromatic N) is 1. The number of hydrogen-bond donors (Lipinski definition) is 2. The number of carboxylic acids is 1. The topological polar surface area (TPSA) is 92.4 Å². The number of aryl methyl sites for hydroxylation is 1. The van der Waals surface area contributed by atoms with Crippen LogP contribution in [0.2, 0.25) is 0 Å². The zero-order chi connectivity index (χ0) is 24.9. The molecule has 1 aliphatic rings. The van der Waals surface area contributed by atoms with Crippen LogP contribution in [0.15, 0.2) is 51.8 Å². The number of halogens is 2. The van der Waals surface area contributed by atoms with Gasteiger partial charge in [0.15, 0.2) is 11.2 Å². The summed E-state index contributed by atoms with van der Waals surface area (Å²) in [6, 6.07) is 8.09. The summed E-state index contributed by atoms with van der Waals surface area (Å²) in [6.07, 6.45) is 3.55. The molecule has 1 aliphatic carbocycles. The second-order valence-corrected chi connectivity index (χ2v) is 8.74. The van der Waals surface area contributed by atoms with Gasteiger partial charge in [0, 0.05) is 11.1 Å². The number of carbonyl (C=O) groups is 1. The minimum absolute atomic E-state index is 0.128. The predicted molar refractivity (Wildman–Crippen MR) is 128 cm³/mol. The predicted octanol–water partition coefficient (Wildman–Crippen LogP) is 5.80. The molecule has 0 fully saturated rings. The molecule has 4 aromatic rings. The van der Waals surface area contributed by atoms with Gasteiger partial charge in [-0.15, -0.1) is 0 Å². The average molecular weight is 476 g/mol. The number of anilines is 1. The molecular formula is C27H22F2N2O4. The Labute approximate surface area is 199 Å². The van der Waals surface area contributed by atoms with Gasteiger partial charge in [-0.25, -0.2) is 18.6 Å². The number of aromatic carboxylic acids is 1. The van der Waals surface area contributed by atoms with Crippen molar-refractivity contribution in [1.29, 1.82) is 0 Å². The molecule has 2 aromatic carbocycles. The number of rotatable bonds is 5. The third kappa shape index (κ3) is 3.84. The number of pyridine rings is 1. The highest BCUT2D eigenvalue weighted by molar-refractivity contribution is 5.95. The van der Waals surface area contributed by atoms with Gasteiger partial charge in [0.05, 0.1) is 23.3 Å². The lowest BCUT2D eigenvalue weighted by molar-refractivity contribution is 0.0693. The Morgan fingerprint density at radius 1 is 1.20 bits per heavy atom. The number of carboxylic acid groups (broad SMARTS) is 1. The summed E-state index contributed by atoms with van der Waals surface area (Å²) in [6.45, 7) is 3.46. The molecule has 0 saturated carbocycles. The third-order valence-corrected chi connectivity index (χ3v) is 6.52. The van der Waals surface area contributed by atoms with E-state index < -0.39 is 29.2 Å². The molecule has 0 amide bonds. The van der Waals surface area contributed by atoms with Crippen molar-refractivity contribution < 1.29 is 23.1 Å². The van der Waals surface area contributed by atoms with Gasteiger partial charge >= 0.3 is 5.97 Å². The third-order valence-electron chi connectivity index (χ3n) is 6.52. The molecule has 0 saturated heterocycles. The zero-order valence-electron chi connectivity index (χ0n) is 19.1. The van der Waals surface area contributed by atoms with Crippen LogP contribution in [0.1, 0.15) is 52.0 Å². The summed E-state index contributed by atoms with van der Waals surface area (Å²) in [4.78, 5) is 29.2. The minimum atomic E-state index is -1.38. The molecule has 0 radical (unpaired) electrons. The van der Waals surface area contributed by atoms with Crippen LogP contribution in [0.5, 0.6) is 0 Å². The number of fused-ring (bicyclic) bond motifs is 2. The summed E-state index contributed by atoms with van der Waals surface area (Å²) < 4.78 is 34.0. The lowest BCUT2D eigenvalue weighted by Gasteiger charge is -2.22. The van der Waals surface area contributed by atoms with E-state index >= 15 is 0 Å². The first-order chi connectivity index (χ1) is 16.8. The van der Waals surface area contributed by atoms with Crippen molar-refractivity contribution >= 4 is 22.6 Å². The average Bonchev–Trinajstić information content (AvgIpc) is 3.29. The molecule has 0 bridgehead atoms. The Balaban J connectivity index is 1.73. The van der Waals surface area contributed by atoms with Gasteiger partial charge in [-0.3, -0.25) is 4.79 Å². The fraction of sp³-hybridized carbons (Fsp3) is 0.222. The van der Waals surface area contributed by atoms with E-state index in [4.69, 9.17) is 4.42 Å². The number of hydrogen-bond acceptors (Lipinski definition) is 5. The zero-order valence-corrected chi connectivity index (χ0v) is 19.1. The van der Waals surface area contributed by atoms with Crippen LogP contribution in [0.3, 0.4) is 0 Å². The van der Waals surface area contributed by atoms with Crippen LogP contribution in [-0.4, -0.2) is 16.1 Å². The van der Waals surface area contributed by atoms with E-state index in [1.807, 2.05) is 13.0 Å². The van der Waals surface area contributed by atoms with Gasteiger partial charge in [0.25, 0.3) is 0 Å². The summed E-state index contributed by atoms with van der Waals surface area (Å²) >= 11 is 0. The number of benzene rings is 2. The van der Waals surface area contributed by atoms with E-state index in [1.54, 1.807) is 6.92 Å². The van der Waals surface area contributed by atoms with Crippen LogP contribution in [-0.2, 0) is 12.8 Å². The number of nitrogens with one attached hydrogen (secondary N) is 1. The Morgan fingerprint density at radius 2 is 2.00 bits per heavy atom. The second-order valence-electron chi connectivity index (χ2n) is 8.74. The Hall–Kier alpha value is -4.07. The highest BCUT2D eigenvalue weighted by atomic mass is 19.1. The quantitative estimate of drug-likeness (QED) is 0.378. The van der Waals surface area contributed by atoms with Crippen LogP contribution in [0.25, 0.3) is 22.4 Å². The van der Waals surface area contributed by atoms with E-state index in [0.717, 1.165) is 48.2 Å². The molecule has 2 heterocycles. The summed E-state index contributed by atoms with van der Waals surface area (Å²) in [7, 11) is 0. The van der Waals surface area contributed by atoms with Crippen molar-refractivity contribution in [2.75, 3.05) is 5.32 Å². The van der Waals surface area contributed by atoms with E-state index in [9.17, 15) is 23.5 Å². The molecule has 6 nitrogen and oxygen atoms in total. The first kappa shape index (κ1) is 22.7. The van der Waals surface area contributed by atoms with Crippen LogP contribution < -0.4 is 10.7 Å². The highest BCUT2D eigenvalue weighted by Gasteiger charge is 2.27. The molecule has 35 heavy (non-hydrogen) atoms. The van der Waals surface area contributed by atoms with Gasteiger partial charge in [0.1, 0.15) is 28.5 Å². The molecule has 0 aliphatic heterocycles. The largest absolute Gasteiger partial charge is 0.478 e. The Morgan fingerprint density at radius 3 is 2.71 bits per heavy atom. The molecule has 178 valence electrons. The monoisotopic (exact) mass is 476 g/mol. The molecule has 2 N–H and O–H groups in total. The highest BCUT2D eigenvalue weighted by Crippen LogP contribution is 2.38. The molecular weight excluding hydrogens is 454 g/mol. The molecule has 5 rings (SSSR count). The van der Waals surface area contributed by atoms with Gasteiger partial charge < -0.3 is 14.8 Å². The van der Waals surface area contributed by atoms with Gasteiger partial charge in [-0.1, -0.05) is 6.07 Å². The number of aromatic nitrogens is 1. The lowest BCUT2D eigenvalue weighted by Crippen LogP contribution is -2.16. The minimum Gasteiger partial charge on any atom is -0.478 e. The molecule has 2 aromatic heterocycles. The Kier molecular flexibility index (Phi) is 5.59. The van der Waals surface area contributed by atoms with Crippen LogP contribution in [0, 0.1) is 18.6 Å². The second kappa shape index (κ2) is 8.61. The van der Waals surface area contributed by atoms with E-state index in [2.05, 4.69) is 10.3 Å². The van der Waals surface area contributed by atoms with Crippen molar-refractivity contribution in [3.8, 4) is 11.5 Å². The first-order valence-electron chi connectivity index (χ1n) is 11.3. The summed E-state index contributed by atoms with van der Waals surface area (Å²) in [5, 5.41) is 13.1. The van der Waals surface area contributed by atoms with E-state index in [0.29, 0.717) is 22.2 Å².